The first kappa shape index (κ1) is 15.5. The molecule has 0 heterocycles. The van der Waals surface area contributed by atoms with Crippen molar-refractivity contribution >= 4 is 15.9 Å². The van der Waals surface area contributed by atoms with E-state index in [-0.39, 0.29) is 18.5 Å². The fraction of sp³-hybridized carbons (Fsp3) is 0.500. The Morgan fingerprint density at radius 2 is 2.11 bits per heavy atom. The van der Waals surface area contributed by atoms with Gasteiger partial charge in [0.25, 0.3) is 6.43 Å². The normalized spacial score (nSPS) is 13.0. The van der Waals surface area contributed by atoms with Gasteiger partial charge in [0.2, 0.25) is 0 Å². The van der Waals surface area contributed by atoms with Crippen molar-refractivity contribution in [3.63, 3.8) is 0 Å². The third-order valence-electron chi connectivity index (χ3n) is 2.37. The lowest BCUT2D eigenvalue weighted by Crippen LogP contribution is -2.24. The Morgan fingerprint density at radius 1 is 1.39 bits per heavy atom. The number of nitrogens with one attached hydrogen (secondary N) is 1. The summed E-state index contributed by atoms with van der Waals surface area (Å²) in [5, 5.41) is 3.01. The summed E-state index contributed by atoms with van der Waals surface area (Å²) in [4.78, 5) is 0. The number of hydrogen-bond donors (Lipinski definition) is 1. The molecule has 1 aromatic carbocycles. The van der Waals surface area contributed by atoms with Gasteiger partial charge in [-0.15, -0.1) is 0 Å². The zero-order chi connectivity index (χ0) is 13.5. The molecule has 1 N–H and O–H groups in total. The van der Waals surface area contributed by atoms with Gasteiger partial charge < -0.3 is 10.1 Å². The smallest absolute Gasteiger partial charge is 0.261 e. The summed E-state index contributed by atoms with van der Waals surface area (Å²) in [5.41, 5.74) is 0.526. The summed E-state index contributed by atoms with van der Waals surface area (Å²) in [6, 6.07) is 4.48. The molecule has 0 aromatic heterocycles. The van der Waals surface area contributed by atoms with Gasteiger partial charge in [-0.25, -0.2) is 13.2 Å². The van der Waals surface area contributed by atoms with Crippen molar-refractivity contribution in [2.24, 2.45) is 0 Å². The Kier molecular flexibility index (Phi) is 6.67. The molecule has 1 aromatic rings. The first-order valence-electron chi connectivity index (χ1n) is 5.55. The number of rotatable bonds is 7. The van der Waals surface area contributed by atoms with Gasteiger partial charge in [0, 0.05) is 22.6 Å². The monoisotopic (exact) mass is 325 g/mol. The topological polar surface area (TPSA) is 21.3 Å². The molecule has 0 bridgehead atoms. The SMILES string of the molecule is CC(NCCOCC(F)F)c1cc(Br)ccc1F. The van der Waals surface area contributed by atoms with Crippen LogP contribution in [-0.2, 0) is 4.74 Å². The lowest BCUT2D eigenvalue weighted by Gasteiger charge is -2.15. The minimum Gasteiger partial charge on any atom is -0.374 e. The van der Waals surface area contributed by atoms with Crippen molar-refractivity contribution in [1.82, 2.24) is 5.32 Å². The summed E-state index contributed by atoms with van der Waals surface area (Å²) < 4.78 is 42.6. The third-order valence-corrected chi connectivity index (χ3v) is 2.86. The zero-order valence-corrected chi connectivity index (χ0v) is 11.5. The molecule has 1 atom stereocenters. The van der Waals surface area contributed by atoms with E-state index in [4.69, 9.17) is 4.74 Å². The minimum absolute atomic E-state index is 0.171. The molecule has 1 rings (SSSR count). The summed E-state index contributed by atoms with van der Waals surface area (Å²) in [5.74, 6) is -0.299. The highest BCUT2D eigenvalue weighted by Crippen LogP contribution is 2.21. The van der Waals surface area contributed by atoms with Gasteiger partial charge in [-0.2, -0.15) is 0 Å². The van der Waals surface area contributed by atoms with Crippen LogP contribution in [0.1, 0.15) is 18.5 Å². The van der Waals surface area contributed by atoms with Crippen molar-refractivity contribution in [1.29, 1.82) is 0 Å². The molecule has 0 aliphatic heterocycles. The highest BCUT2D eigenvalue weighted by atomic mass is 79.9. The molecule has 0 aliphatic rings. The van der Waals surface area contributed by atoms with Crippen LogP contribution in [0.3, 0.4) is 0 Å². The number of halogens is 4. The van der Waals surface area contributed by atoms with Crippen LogP contribution in [0.25, 0.3) is 0 Å². The molecule has 18 heavy (non-hydrogen) atoms. The maximum atomic E-state index is 13.5. The van der Waals surface area contributed by atoms with Crippen molar-refractivity contribution in [2.75, 3.05) is 19.8 Å². The maximum Gasteiger partial charge on any atom is 0.261 e. The molecule has 0 spiro atoms. The number of ether oxygens (including phenoxy) is 1. The van der Waals surface area contributed by atoms with Gasteiger partial charge in [0.15, 0.2) is 0 Å². The average Bonchev–Trinajstić information content (AvgIpc) is 2.31. The van der Waals surface area contributed by atoms with E-state index in [1.807, 2.05) is 0 Å². The summed E-state index contributed by atoms with van der Waals surface area (Å²) in [7, 11) is 0. The highest BCUT2D eigenvalue weighted by molar-refractivity contribution is 9.10. The van der Waals surface area contributed by atoms with Crippen molar-refractivity contribution in [2.45, 2.75) is 19.4 Å². The van der Waals surface area contributed by atoms with Gasteiger partial charge in [-0.1, -0.05) is 15.9 Å². The van der Waals surface area contributed by atoms with Gasteiger partial charge in [0.05, 0.1) is 6.61 Å². The van der Waals surface area contributed by atoms with E-state index in [2.05, 4.69) is 21.2 Å². The molecule has 0 saturated heterocycles. The molecule has 0 aliphatic carbocycles. The number of hydrogen-bond acceptors (Lipinski definition) is 2. The predicted octanol–water partition coefficient (Wildman–Crippen LogP) is 3.52. The summed E-state index contributed by atoms with van der Waals surface area (Å²) in [6.45, 7) is 1.80. The van der Waals surface area contributed by atoms with Crippen molar-refractivity contribution in [3.05, 3.63) is 34.1 Å². The second-order valence-corrected chi connectivity index (χ2v) is 4.72. The Balaban J connectivity index is 2.36. The largest absolute Gasteiger partial charge is 0.374 e. The van der Waals surface area contributed by atoms with Crippen LogP contribution in [0, 0.1) is 5.82 Å². The van der Waals surface area contributed by atoms with Crippen LogP contribution in [-0.4, -0.2) is 26.2 Å². The lowest BCUT2D eigenvalue weighted by atomic mass is 10.1. The van der Waals surface area contributed by atoms with E-state index in [9.17, 15) is 13.2 Å². The number of alkyl halides is 2. The molecule has 6 heteroatoms. The van der Waals surface area contributed by atoms with Crippen LogP contribution >= 0.6 is 15.9 Å². The Bertz CT molecular complexity index is 376. The van der Waals surface area contributed by atoms with Gasteiger partial charge >= 0.3 is 0 Å². The second-order valence-electron chi connectivity index (χ2n) is 3.81. The molecule has 1 unspecified atom stereocenters. The molecular weight excluding hydrogens is 311 g/mol. The minimum atomic E-state index is -2.45. The molecule has 0 amide bonds. The Hall–Kier alpha value is -0.590. The quantitative estimate of drug-likeness (QED) is 0.774. The average molecular weight is 326 g/mol. The van der Waals surface area contributed by atoms with E-state index in [1.165, 1.54) is 6.07 Å². The molecule has 0 fully saturated rings. The van der Waals surface area contributed by atoms with Gasteiger partial charge in [-0.3, -0.25) is 0 Å². The summed E-state index contributed by atoms with van der Waals surface area (Å²) in [6.07, 6.45) is -2.45. The third kappa shape index (κ3) is 5.37. The van der Waals surface area contributed by atoms with Gasteiger partial charge in [-0.05, 0) is 25.1 Å². The fourth-order valence-electron chi connectivity index (χ4n) is 1.48. The Labute approximate surface area is 113 Å². The van der Waals surface area contributed by atoms with Crippen LogP contribution in [0.15, 0.2) is 22.7 Å². The van der Waals surface area contributed by atoms with Crippen LogP contribution < -0.4 is 5.32 Å². The fourth-order valence-corrected chi connectivity index (χ4v) is 1.86. The van der Waals surface area contributed by atoms with E-state index >= 15 is 0 Å². The predicted molar refractivity (Wildman–Crippen MR) is 67.3 cm³/mol. The first-order chi connectivity index (χ1) is 8.50. The van der Waals surface area contributed by atoms with Crippen molar-refractivity contribution in [3.8, 4) is 0 Å². The summed E-state index contributed by atoms with van der Waals surface area (Å²) >= 11 is 3.27. The zero-order valence-electron chi connectivity index (χ0n) is 9.93. The van der Waals surface area contributed by atoms with Crippen LogP contribution in [0.4, 0.5) is 13.2 Å². The van der Waals surface area contributed by atoms with E-state index in [0.29, 0.717) is 12.1 Å². The van der Waals surface area contributed by atoms with Gasteiger partial charge in [0.1, 0.15) is 12.4 Å². The van der Waals surface area contributed by atoms with E-state index < -0.39 is 13.0 Å². The molecule has 2 nitrogen and oxygen atoms in total. The number of benzene rings is 1. The molecular formula is C12H15BrF3NO. The van der Waals surface area contributed by atoms with Crippen LogP contribution in [0.2, 0.25) is 0 Å². The lowest BCUT2D eigenvalue weighted by molar-refractivity contribution is 0.0183. The standard InChI is InChI=1S/C12H15BrF3NO/c1-8(17-4-5-18-7-12(15)16)10-6-9(13)2-3-11(10)14/h2-3,6,8,12,17H,4-5,7H2,1H3. The van der Waals surface area contributed by atoms with E-state index in [0.717, 1.165) is 4.47 Å². The molecule has 0 radical (unpaired) electrons. The maximum absolute atomic E-state index is 13.5. The highest BCUT2D eigenvalue weighted by Gasteiger charge is 2.10. The molecule has 0 saturated carbocycles. The van der Waals surface area contributed by atoms with E-state index in [1.54, 1.807) is 19.1 Å². The van der Waals surface area contributed by atoms with Crippen molar-refractivity contribution < 1.29 is 17.9 Å². The van der Waals surface area contributed by atoms with Crippen LogP contribution in [0.5, 0.6) is 0 Å². The molecule has 102 valence electrons. The first-order valence-corrected chi connectivity index (χ1v) is 6.34. The second kappa shape index (κ2) is 7.76. The Morgan fingerprint density at radius 3 is 2.78 bits per heavy atom.